The summed E-state index contributed by atoms with van der Waals surface area (Å²) in [6, 6.07) is 12.5. The quantitative estimate of drug-likeness (QED) is 0.571. The van der Waals surface area contributed by atoms with E-state index in [1.54, 1.807) is 6.07 Å². The van der Waals surface area contributed by atoms with Gasteiger partial charge in [-0.15, -0.1) is 0 Å². The predicted molar refractivity (Wildman–Crippen MR) is 125 cm³/mol. The fourth-order valence-corrected chi connectivity index (χ4v) is 4.85. The number of nitrogens with zero attached hydrogens (tertiary/aromatic N) is 2. The fourth-order valence-electron chi connectivity index (χ4n) is 4.85. The molecule has 2 aromatic carbocycles. The van der Waals surface area contributed by atoms with Crippen molar-refractivity contribution in [1.82, 2.24) is 0 Å². The molecule has 0 aromatic heterocycles. The minimum Gasteiger partial charge on any atom is -0.504 e. The lowest BCUT2D eigenvalue weighted by Gasteiger charge is -2.36. The smallest absolute Gasteiger partial charge is 0.387 e. The Labute approximate surface area is 198 Å². The second-order valence-corrected chi connectivity index (χ2v) is 10.1. The van der Waals surface area contributed by atoms with E-state index in [4.69, 9.17) is 5.26 Å². The van der Waals surface area contributed by atoms with E-state index in [0.717, 1.165) is 17.7 Å². The number of ether oxygens (including phenoxy) is 1. The van der Waals surface area contributed by atoms with E-state index in [1.165, 1.54) is 12.1 Å². The van der Waals surface area contributed by atoms with E-state index in [0.29, 0.717) is 37.1 Å². The van der Waals surface area contributed by atoms with Crippen LogP contribution in [-0.4, -0.2) is 30.2 Å². The lowest BCUT2D eigenvalue weighted by molar-refractivity contribution is -0.118. The molecular formula is C26H29F2N3O3. The van der Waals surface area contributed by atoms with Gasteiger partial charge in [0.25, 0.3) is 0 Å². The zero-order valence-corrected chi connectivity index (χ0v) is 19.6. The van der Waals surface area contributed by atoms with Gasteiger partial charge in [0.2, 0.25) is 5.91 Å². The van der Waals surface area contributed by atoms with Crippen LogP contribution in [0, 0.1) is 16.7 Å². The van der Waals surface area contributed by atoms with Gasteiger partial charge < -0.3 is 20.1 Å². The lowest BCUT2D eigenvalue weighted by atomic mass is 9.84. The molecule has 4 rings (SSSR count). The zero-order chi connectivity index (χ0) is 24.7. The Bertz CT molecular complexity index is 1130. The average Bonchev–Trinajstić information content (AvgIpc) is 3.49. The molecule has 2 aliphatic rings. The van der Waals surface area contributed by atoms with E-state index in [1.807, 2.05) is 18.2 Å². The van der Waals surface area contributed by atoms with Crippen molar-refractivity contribution in [3.05, 3.63) is 47.5 Å². The first-order valence-corrected chi connectivity index (χ1v) is 11.4. The highest BCUT2D eigenvalue weighted by molar-refractivity contribution is 6.01. The third-order valence-corrected chi connectivity index (χ3v) is 6.81. The van der Waals surface area contributed by atoms with Gasteiger partial charge in [-0.3, -0.25) is 4.79 Å². The van der Waals surface area contributed by atoms with Crippen LogP contribution < -0.4 is 15.0 Å². The SMILES string of the molecule is CC(C)(C)C1Cc2cc(NC(=O)C3(c4ccc(OC(F)F)c(O)c4)CC3)ccc2N1CCC#N. The average molecular weight is 470 g/mol. The normalized spacial score (nSPS) is 18.4. The van der Waals surface area contributed by atoms with Crippen molar-refractivity contribution in [3.63, 3.8) is 0 Å². The zero-order valence-electron chi connectivity index (χ0n) is 19.6. The van der Waals surface area contributed by atoms with Gasteiger partial charge in [-0.2, -0.15) is 14.0 Å². The monoisotopic (exact) mass is 469 g/mol. The molecule has 0 saturated heterocycles. The largest absolute Gasteiger partial charge is 0.504 e. The van der Waals surface area contributed by atoms with Gasteiger partial charge in [0.05, 0.1) is 17.9 Å². The van der Waals surface area contributed by atoms with Gasteiger partial charge in [0, 0.05) is 24.0 Å². The Morgan fingerprint density at radius 2 is 2.03 bits per heavy atom. The maximum atomic E-state index is 13.2. The number of rotatable bonds is 7. The van der Waals surface area contributed by atoms with E-state index < -0.39 is 17.8 Å². The molecule has 1 aliphatic carbocycles. The molecule has 1 aliphatic heterocycles. The summed E-state index contributed by atoms with van der Waals surface area (Å²) < 4.78 is 29.2. The summed E-state index contributed by atoms with van der Waals surface area (Å²) >= 11 is 0. The van der Waals surface area contributed by atoms with Crippen molar-refractivity contribution in [2.45, 2.75) is 64.5 Å². The number of alkyl halides is 2. The number of anilines is 2. The lowest BCUT2D eigenvalue weighted by Crippen LogP contribution is -2.42. The summed E-state index contributed by atoms with van der Waals surface area (Å²) in [6.07, 6.45) is 2.48. The second kappa shape index (κ2) is 8.79. The van der Waals surface area contributed by atoms with Crippen LogP contribution in [0.3, 0.4) is 0 Å². The number of halogens is 2. The van der Waals surface area contributed by atoms with Crippen molar-refractivity contribution in [2.75, 3.05) is 16.8 Å². The predicted octanol–water partition coefficient (Wildman–Crippen LogP) is 5.35. The summed E-state index contributed by atoms with van der Waals surface area (Å²) in [6.45, 7) is 4.19. The number of amides is 1. The van der Waals surface area contributed by atoms with Gasteiger partial charge in [-0.05, 0) is 66.1 Å². The summed E-state index contributed by atoms with van der Waals surface area (Å²) in [5, 5.41) is 22.2. The fraction of sp³-hybridized carbons (Fsp3) is 0.462. The molecule has 1 heterocycles. The van der Waals surface area contributed by atoms with Crippen molar-refractivity contribution in [1.29, 1.82) is 5.26 Å². The van der Waals surface area contributed by atoms with Gasteiger partial charge in [0.15, 0.2) is 11.5 Å². The number of phenols is 1. The number of hydrogen-bond donors (Lipinski definition) is 2. The molecule has 2 N–H and O–H groups in total. The van der Waals surface area contributed by atoms with Gasteiger partial charge in [-0.1, -0.05) is 26.8 Å². The summed E-state index contributed by atoms with van der Waals surface area (Å²) in [4.78, 5) is 15.5. The van der Waals surface area contributed by atoms with Crippen LogP contribution in [0.2, 0.25) is 0 Å². The highest BCUT2D eigenvalue weighted by Crippen LogP contribution is 2.51. The molecule has 180 valence electrons. The summed E-state index contributed by atoms with van der Waals surface area (Å²) in [5.74, 6) is -0.927. The molecule has 2 aromatic rings. The van der Waals surface area contributed by atoms with E-state index in [9.17, 15) is 18.7 Å². The Balaban J connectivity index is 1.53. The maximum absolute atomic E-state index is 13.2. The Morgan fingerprint density at radius 3 is 2.62 bits per heavy atom. The van der Waals surface area contributed by atoms with Gasteiger partial charge >= 0.3 is 6.61 Å². The van der Waals surface area contributed by atoms with Crippen LogP contribution >= 0.6 is 0 Å². The van der Waals surface area contributed by atoms with Crippen LogP contribution in [0.1, 0.15) is 51.2 Å². The number of nitriles is 1. The van der Waals surface area contributed by atoms with E-state index in [-0.39, 0.29) is 23.1 Å². The maximum Gasteiger partial charge on any atom is 0.387 e. The third kappa shape index (κ3) is 4.52. The van der Waals surface area contributed by atoms with E-state index >= 15 is 0 Å². The second-order valence-electron chi connectivity index (χ2n) is 10.1. The topological polar surface area (TPSA) is 85.6 Å². The molecule has 1 fully saturated rings. The Morgan fingerprint density at radius 1 is 1.29 bits per heavy atom. The van der Waals surface area contributed by atoms with E-state index in [2.05, 4.69) is 41.8 Å². The van der Waals surface area contributed by atoms with Crippen LogP contribution in [0.15, 0.2) is 36.4 Å². The molecule has 6 nitrogen and oxygen atoms in total. The molecule has 0 spiro atoms. The molecule has 34 heavy (non-hydrogen) atoms. The number of hydrogen-bond acceptors (Lipinski definition) is 5. The number of fused-ring (bicyclic) bond motifs is 1. The number of benzene rings is 2. The number of nitrogens with one attached hydrogen (secondary N) is 1. The Hall–Kier alpha value is -3.34. The number of phenolic OH excluding ortho intramolecular Hbond substituents is 1. The molecule has 0 bridgehead atoms. The number of aromatic hydroxyl groups is 1. The minimum atomic E-state index is -3.04. The first-order valence-electron chi connectivity index (χ1n) is 11.4. The van der Waals surface area contributed by atoms with Crippen LogP contribution in [0.25, 0.3) is 0 Å². The van der Waals surface area contributed by atoms with Crippen LogP contribution in [-0.2, 0) is 16.6 Å². The summed E-state index contributed by atoms with van der Waals surface area (Å²) in [7, 11) is 0. The van der Waals surface area contributed by atoms with Crippen LogP contribution in [0.4, 0.5) is 20.2 Å². The highest BCUT2D eigenvalue weighted by Gasteiger charge is 2.51. The van der Waals surface area contributed by atoms with Gasteiger partial charge in [0.1, 0.15) is 0 Å². The number of carbonyl (C=O) groups is 1. The molecule has 0 radical (unpaired) electrons. The van der Waals surface area contributed by atoms with Gasteiger partial charge in [-0.25, -0.2) is 0 Å². The Kier molecular flexibility index (Phi) is 6.15. The molecule has 1 amide bonds. The molecule has 1 unspecified atom stereocenters. The summed E-state index contributed by atoms with van der Waals surface area (Å²) in [5.41, 5.74) is 2.71. The highest BCUT2D eigenvalue weighted by atomic mass is 19.3. The van der Waals surface area contributed by atoms with Crippen molar-refractivity contribution in [3.8, 4) is 17.6 Å². The van der Waals surface area contributed by atoms with Crippen LogP contribution in [0.5, 0.6) is 11.5 Å². The first kappa shape index (κ1) is 23.8. The molecule has 1 atom stereocenters. The molecule has 8 heteroatoms. The first-order chi connectivity index (χ1) is 16.0. The molecular weight excluding hydrogens is 440 g/mol. The minimum absolute atomic E-state index is 0.0259. The standard InChI is InChI=1S/C26H29F2N3O3/c1-25(2,3)22-14-16-13-18(6-7-19(16)31(22)12-4-11-29)30-23(33)26(9-10-26)17-5-8-21(20(32)15-17)34-24(27)28/h5-8,13,15,22,24,32H,4,9-10,12,14H2,1-3H3,(H,30,33). The number of carbonyl (C=O) groups excluding carboxylic acids is 1. The van der Waals surface area contributed by atoms with Crippen molar-refractivity contribution in [2.24, 2.45) is 5.41 Å². The van der Waals surface area contributed by atoms with Crippen molar-refractivity contribution < 1.29 is 23.4 Å². The third-order valence-electron chi connectivity index (χ3n) is 6.81. The molecule has 1 saturated carbocycles. The van der Waals surface area contributed by atoms with Crippen molar-refractivity contribution >= 4 is 17.3 Å².